The highest BCUT2D eigenvalue weighted by molar-refractivity contribution is 6.16. The molecular weight excluding hydrogens is 1260 g/mol. The summed E-state index contributed by atoms with van der Waals surface area (Å²) in [6.07, 6.45) is 18.2. The second kappa shape index (κ2) is 41.2. The van der Waals surface area contributed by atoms with Crippen molar-refractivity contribution >= 4 is 106 Å². The van der Waals surface area contributed by atoms with Gasteiger partial charge in [0.25, 0.3) is 70.9 Å². The van der Waals surface area contributed by atoms with E-state index >= 15 is 0 Å². The topological polar surface area (TPSA) is 412 Å². The summed E-state index contributed by atoms with van der Waals surface area (Å²) in [7, 11) is 0. The van der Waals surface area contributed by atoms with Gasteiger partial charge in [0.1, 0.15) is 11.6 Å². The maximum Gasteiger partial charge on any atom is 0.253 e. The number of hydrogen-bond donors (Lipinski definition) is 4. The van der Waals surface area contributed by atoms with E-state index in [1.54, 1.807) is 0 Å². The van der Waals surface area contributed by atoms with Crippen LogP contribution in [-0.2, 0) is 105 Å². The van der Waals surface area contributed by atoms with Crippen LogP contribution in [0.4, 0.5) is 0 Å². The molecule has 0 bridgehead atoms. The van der Waals surface area contributed by atoms with E-state index in [4.69, 9.17) is 18.9 Å². The van der Waals surface area contributed by atoms with Crippen molar-refractivity contribution in [3.8, 4) is 0 Å². The number of amides is 16. The second-order valence-electron chi connectivity index (χ2n) is 22.6. The minimum atomic E-state index is -0.920. The number of ketones is 2. The molecule has 0 aliphatic carbocycles. The van der Waals surface area contributed by atoms with Gasteiger partial charge >= 0.3 is 0 Å². The van der Waals surface area contributed by atoms with Crippen molar-refractivity contribution < 1.29 is 105 Å². The lowest BCUT2D eigenvalue weighted by atomic mass is 9.92. The van der Waals surface area contributed by atoms with Gasteiger partial charge in [-0.1, -0.05) is 6.42 Å². The fourth-order valence-electron chi connectivity index (χ4n) is 9.67. The summed E-state index contributed by atoms with van der Waals surface area (Å²) in [5.74, 6) is -6.84. The van der Waals surface area contributed by atoms with Crippen molar-refractivity contribution in [3.63, 3.8) is 0 Å². The summed E-state index contributed by atoms with van der Waals surface area (Å²) in [6, 6.07) is 0. The molecule has 32 heteroatoms. The van der Waals surface area contributed by atoms with Crippen LogP contribution in [0.25, 0.3) is 0 Å². The molecule has 6 heterocycles. The molecule has 0 fully saturated rings. The number of Topliss-reactive ketones (excluding diaryl/α,β-unsaturated/α-hetero) is 2. The molecule has 16 amide bonds. The molecule has 96 heavy (non-hydrogen) atoms. The monoisotopic (exact) mass is 1340 g/mol. The summed E-state index contributed by atoms with van der Waals surface area (Å²) < 4.78 is 24.4. The Morgan fingerprint density at radius 2 is 0.448 bits per heavy atom. The van der Waals surface area contributed by atoms with E-state index in [0.29, 0.717) is 57.8 Å². The molecule has 6 aliphatic rings. The molecule has 0 radical (unpaired) electrons. The lowest BCUT2D eigenvalue weighted by molar-refractivity contribution is -0.139. The van der Waals surface area contributed by atoms with Gasteiger partial charge in [-0.25, -0.2) is 0 Å². The Balaban J connectivity index is 0.000000512. The van der Waals surface area contributed by atoms with Crippen molar-refractivity contribution in [1.29, 1.82) is 0 Å². The van der Waals surface area contributed by atoms with Crippen molar-refractivity contribution in [2.45, 2.75) is 96.3 Å². The molecule has 32 nitrogen and oxygen atoms in total. The molecule has 0 saturated carbocycles. The molecule has 0 unspecified atom stereocenters. The fraction of sp³-hybridized carbons (Fsp3) is 0.531. The van der Waals surface area contributed by atoms with Gasteiger partial charge in [0.2, 0.25) is 23.6 Å². The van der Waals surface area contributed by atoms with Crippen LogP contribution in [0, 0.1) is 5.41 Å². The SMILES string of the molecule is O=C(CCCCCC(=O)CCN1C(=O)C=CC1=O)CCN1C(=O)C=CC1=O.O=C(CCN1C(=O)C=CC1=O)NCCCOCC(COCCCNC(=O)CCN1C(=O)C=CC1=O)(COCCCNC(=O)CCN1C(=O)C=CC1=O)COCCCNC(=O)CCN1C(=O)C=CC1=O. The van der Waals surface area contributed by atoms with Crippen LogP contribution in [0.5, 0.6) is 0 Å². The summed E-state index contributed by atoms with van der Waals surface area (Å²) in [6.45, 7) is 1.97. The standard InChI is InChI=1S/C45H60N8O16.C19H22N2O6/c54-33(13-21-50-37(58)5-6-38(50)59)46-17-1-25-66-29-45(30-67-26-2-18-47-34(55)14-22-51-39(60)7-8-40(51)61,31-68-27-3-19-48-35(56)15-23-52-41(62)9-10-42(52)63)32-69-28-4-20-49-36(57)16-24-53-43(64)11-12-44(53)65;22-14(10-12-20-16(24)6-7-17(20)25)4-2-1-3-5-15(23)11-13-21-18(26)8-9-19(21)27/h5-12H,1-4,13-32H2,(H,46,54)(H,47,55)(H,48,56)(H,49,57);6-9H,1-5,10-13H2. The predicted octanol–water partition coefficient (Wildman–Crippen LogP) is -1.97. The first kappa shape index (κ1) is 77.0. The minimum Gasteiger partial charge on any atom is -0.381 e. The third-order valence-electron chi connectivity index (χ3n) is 15.1. The lowest BCUT2D eigenvalue weighted by Gasteiger charge is -2.33. The molecule has 4 N–H and O–H groups in total. The highest BCUT2D eigenvalue weighted by Gasteiger charge is 2.34. The number of carbonyl (C=O) groups excluding carboxylic acids is 18. The van der Waals surface area contributed by atoms with Crippen LogP contribution in [0.15, 0.2) is 72.9 Å². The number of hydrogen-bond acceptors (Lipinski definition) is 22. The Morgan fingerprint density at radius 3 is 0.646 bits per heavy atom. The maximum absolute atomic E-state index is 12.4. The Hall–Kier alpha value is -9.66. The van der Waals surface area contributed by atoms with Gasteiger partial charge in [0, 0.05) is 216 Å². The van der Waals surface area contributed by atoms with E-state index in [2.05, 4.69) is 21.3 Å². The summed E-state index contributed by atoms with van der Waals surface area (Å²) in [4.78, 5) is 219. The van der Waals surface area contributed by atoms with E-state index in [0.717, 1.165) is 78.0 Å². The number of nitrogens with one attached hydrogen (secondary N) is 4. The number of unbranched alkanes of at least 4 members (excludes halogenated alkanes) is 2. The van der Waals surface area contributed by atoms with Crippen LogP contribution < -0.4 is 21.3 Å². The average Bonchev–Trinajstić information content (AvgIpc) is 2.26. The summed E-state index contributed by atoms with van der Waals surface area (Å²) in [5, 5.41) is 11.0. The van der Waals surface area contributed by atoms with Gasteiger partial charge in [0.15, 0.2) is 0 Å². The van der Waals surface area contributed by atoms with Gasteiger partial charge in [-0.05, 0) is 38.5 Å². The number of imide groups is 6. The molecular formula is C64H82N10O22. The lowest BCUT2D eigenvalue weighted by Crippen LogP contribution is -2.42. The normalized spacial score (nSPS) is 15.7. The van der Waals surface area contributed by atoms with Gasteiger partial charge in [-0.15, -0.1) is 0 Å². The van der Waals surface area contributed by atoms with Crippen molar-refractivity contribution in [1.82, 2.24) is 50.7 Å². The van der Waals surface area contributed by atoms with Crippen LogP contribution in [0.3, 0.4) is 0 Å². The summed E-state index contributed by atoms with van der Waals surface area (Å²) in [5.41, 5.74) is -0.920. The zero-order valence-corrected chi connectivity index (χ0v) is 53.4. The van der Waals surface area contributed by atoms with Crippen molar-refractivity contribution in [2.24, 2.45) is 5.41 Å². The Labute approximate surface area is 553 Å². The molecule has 0 saturated heterocycles. The quantitative estimate of drug-likeness (QED) is 0.0379. The molecule has 520 valence electrons. The molecule has 6 aliphatic heterocycles. The van der Waals surface area contributed by atoms with Crippen LogP contribution >= 0.6 is 0 Å². The Bertz CT molecular complexity index is 2680. The number of ether oxygens (including phenoxy) is 4. The van der Waals surface area contributed by atoms with E-state index in [-0.39, 0.29) is 216 Å². The van der Waals surface area contributed by atoms with E-state index < -0.39 is 52.7 Å². The predicted molar refractivity (Wildman–Crippen MR) is 332 cm³/mol. The van der Waals surface area contributed by atoms with Crippen molar-refractivity contribution in [2.75, 3.05) is 118 Å². The maximum atomic E-state index is 12.4. The highest BCUT2D eigenvalue weighted by atomic mass is 16.5. The minimum absolute atomic E-state index is 0.0209. The first-order valence-electron chi connectivity index (χ1n) is 31.7. The van der Waals surface area contributed by atoms with E-state index in [1.807, 2.05) is 0 Å². The Morgan fingerprint density at radius 1 is 0.260 bits per heavy atom. The van der Waals surface area contributed by atoms with E-state index in [1.165, 1.54) is 24.3 Å². The number of carbonyl (C=O) groups is 18. The summed E-state index contributed by atoms with van der Waals surface area (Å²) >= 11 is 0. The van der Waals surface area contributed by atoms with Gasteiger partial charge in [-0.2, -0.15) is 0 Å². The van der Waals surface area contributed by atoms with Gasteiger partial charge in [0.05, 0.1) is 31.8 Å². The first-order valence-corrected chi connectivity index (χ1v) is 31.7. The molecule has 0 atom stereocenters. The van der Waals surface area contributed by atoms with Crippen molar-refractivity contribution in [3.05, 3.63) is 72.9 Å². The van der Waals surface area contributed by atoms with Crippen LogP contribution in [-0.4, -0.2) is 254 Å². The largest absolute Gasteiger partial charge is 0.381 e. The zero-order valence-electron chi connectivity index (χ0n) is 53.4. The average molecular weight is 1340 g/mol. The first-order chi connectivity index (χ1) is 46.1. The Kier molecular flexibility index (Phi) is 33.1. The molecule has 6 rings (SSSR count). The molecule has 0 aromatic heterocycles. The number of nitrogens with zero attached hydrogens (tertiary/aromatic N) is 6. The number of rotatable bonds is 48. The molecule has 0 spiro atoms. The molecule has 0 aromatic carbocycles. The highest BCUT2D eigenvalue weighted by Crippen LogP contribution is 2.22. The van der Waals surface area contributed by atoms with Crippen LogP contribution in [0.1, 0.15) is 96.3 Å². The zero-order chi connectivity index (χ0) is 69.8. The third-order valence-corrected chi connectivity index (χ3v) is 15.1. The van der Waals surface area contributed by atoms with E-state index in [9.17, 15) is 86.3 Å². The van der Waals surface area contributed by atoms with Crippen LogP contribution in [0.2, 0.25) is 0 Å². The fourth-order valence-corrected chi connectivity index (χ4v) is 9.67. The third kappa shape index (κ3) is 27.4. The molecule has 0 aromatic rings. The van der Waals surface area contributed by atoms with Gasteiger partial charge in [-0.3, -0.25) is 116 Å². The van der Waals surface area contributed by atoms with Gasteiger partial charge < -0.3 is 40.2 Å². The second-order valence-corrected chi connectivity index (χ2v) is 22.6. The smallest absolute Gasteiger partial charge is 0.253 e.